The first kappa shape index (κ1) is 22.4. The third-order valence-electron chi connectivity index (χ3n) is 5.21. The van der Waals surface area contributed by atoms with Crippen LogP contribution in [0.4, 0.5) is 0 Å². The fraction of sp³-hybridized carbons (Fsp3) is 0.682. The summed E-state index contributed by atoms with van der Waals surface area (Å²) in [6, 6.07) is 4.33. The van der Waals surface area contributed by atoms with Crippen LogP contribution in [0.5, 0.6) is 0 Å². The Hall–Kier alpha value is -0.871. The zero-order valence-electron chi connectivity index (χ0n) is 16.5. The third-order valence-corrected chi connectivity index (χ3v) is 7.09. The summed E-state index contributed by atoms with van der Waals surface area (Å²) in [5.41, 5.74) is 0. The van der Waals surface area contributed by atoms with Gasteiger partial charge >= 0.3 is 150 Å². The zero-order valence-corrected chi connectivity index (χ0v) is 18.2. The van der Waals surface area contributed by atoms with Crippen LogP contribution in [0.1, 0.15) is 56.3 Å². The Morgan fingerprint density at radius 3 is 3.07 bits per heavy atom. The van der Waals surface area contributed by atoms with Crippen LogP contribution in [0.2, 0.25) is 0 Å². The summed E-state index contributed by atoms with van der Waals surface area (Å²) in [7, 11) is 0. The second kappa shape index (κ2) is 13.3. The SMILES string of the molecule is CCCCCCOCC1OCC[C@H]1[C@@H](/C=C\Cc1ccc[se]1)CCC(=O)O. The number of allylic oxidation sites excluding steroid dienone is 2. The summed E-state index contributed by atoms with van der Waals surface area (Å²) in [5, 5.41) is 9.12. The number of hydrogen-bond donors (Lipinski definition) is 1. The van der Waals surface area contributed by atoms with Gasteiger partial charge in [0.1, 0.15) is 0 Å². The average Bonchev–Trinajstić information content (AvgIpc) is 3.32. The van der Waals surface area contributed by atoms with Gasteiger partial charge in [-0.15, -0.1) is 0 Å². The van der Waals surface area contributed by atoms with E-state index in [2.05, 4.69) is 36.1 Å². The van der Waals surface area contributed by atoms with Crippen LogP contribution in [0.25, 0.3) is 0 Å². The number of hydrogen-bond acceptors (Lipinski definition) is 3. The molecule has 1 unspecified atom stereocenters. The Balaban J connectivity index is 1.85. The topological polar surface area (TPSA) is 55.8 Å². The van der Waals surface area contributed by atoms with Crippen LogP contribution in [-0.4, -0.2) is 51.5 Å². The van der Waals surface area contributed by atoms with Crippen molar-refractivity contribution in [3.05, 3.63) is 33.7 Å². The monoisotopic (exact) mass is 442 g/mol. The van der Waals surface area contributed by atoms with Gasteiger partial charge in [-0.3, -0.25) is 0 Å². The number of carboxylic acids is 1. The summed E-state index contributed by atoms with van der Waals surface area (Å²) in [6.07, 6.45) is 12.3. The molecule has 0 amide bonds. The Bertz CT molecular complexity index is 541. The standard InChI is InChI=1S/C22H34O4Se/c1-2-3-4-5-14-25-17-21-20(13-15-26-21)18(11-12-22(23)24)8-6-9-19-10-7-16-27-19/h6-8,10,16,18,20-21H,2-5,9,11-15,17H2,1H3,(H,23,24)/b8-6-/t18-,20-,21?/m0/s1. The van der Waals surface area contributed by atoms with Crippen molar-refractivity contribution in [2.75, 3.05) is 19.8 Å². The Morgan fingerprint density at radius 1 is 1.44 bits per heavy atom. The molecule has 2 rings (SSSR count). The molecule has 1 aromatic rings. The van der Waals surface area contributed by atoms with Crippen molar-refractivity contribution < 1.29 is 19.4 Å². The number of carboxylic acid groups (broad SMARTS) is 1. The minimum absolute atomic E-state index is 0.0937. The number of unbranched alkanes of at least 4 members (excludes halogenated alkanes) is 3. The molecule has 3 atom stereocenters. The normalized spacial score (nSPS) is 21.1. The second-order valence-electron chi connectivity index (χ2n) is 7.31. The maximum absolute atomic E-state index is 11.1. The number of rotatable bonds is 14. The molecular formula is C22H34O4Se. The van der Waals surface area contributed by atoms with Gasteiger partial charge in [-0.1, -0.05) is 19.8 Å². The maximum atomic E-state index is 11.1. The fourth-order valence-corrected chi connectivity index (χ4v) is 5.12. The summed E-state index contributed by atoms with van der Waals surface area (Å²) >= 11 is 0.492. The zero-order chi connectivity index (χ0) is 19.3. The molecule has 1 saturated heterocycles. The van der Waals surface area contributed by atoms with Gasteiger partial charge in [0, 0.05) is 0 Å². The Kier molecular flexibility index (Phi) is 11.1. The second-order valence-corrected chi connectivity index (χ2v) is 9.47. The molecule has 0 bridgehead atoms. The molecule has 27 heavy (non-hydrogen) atoms. The van der Waals surface area contributed by atoms with Gasteiger partial charge in [-0.25, -0.2) is 0 Å². The van der Waals surface area contributed by atoms with E-state index in [-0.39, 0.29) is 18.4 Å². The fourth-order valence-electron chi connectivity index (χ4n) is 3.69. The van der Waals surface area contributed by atoms with E-state index >= 15 is 0 Å². The van der Waals surface area contributed by atoms with Crippen molar-refractivity contribution in [3.63, 3.8) is 0 Å². The quantitative estimate of drug-likeness (QED) is 0.265. The predicted molar refractivity (Wildman–Crippen MR) is 109 cm³/mol. The van der Waals surface area contributed by atoms with Gasteiger partial charge in [-0.05, 0) is 0 Å². The van der Waals surface area contributed by atoms with E-state index in [1.807, 2.05) is 0 Å². The molecule has 152 valence electrons. The number of carbonyl (C=O) groups is 1. The average molecular weight is 441 g/mol. The van der Waals surface area contributed by atoms with Gasteiger partial charge in [-0.2, -0.15) is 0 Å². The van der Waals surface area contributed by atoms with Crippen molar-refractivity contribution in [2.24, 2.45) is 11.8 Å². The Labute approximate surface area is 169 Å². The molecule has 1 aromatic heterocycles. The summed E-state index contributed by atoms with van der Waals surface area (Å²) in [5.74, 6) is -0.112. The van der Waals surface area contributed by atoms with E-state index < -0.39 is 5.97 Å². The van der Waals surface area contributed by atoms with Gasteiger partial charge in [0.2, 0.25) is 0 Å². The first-order valence-corrected chi connectivity index (χ1v) is 12.2. The molecule has 1 fully saturated rings. The third kappa shape index (κ3) is 8.78. The van der Waals surface area contributed by atoms with Crippen LogP contribution >= 0.6 is 0 Å². The molecule has 4 nitrogen and oxygen atoms in total. The van der Waals surface area contributed by atoms with Crippen molar-refractivity contribution in [3.8, 4) is 0 Å². The number of ether oxygens (including phenoxy) is 2. The van der Waals surface area contributed by atoms with E-state index in [0.29, 0.717) is 33.4 Å². The van der Waals surface area contributed by atoms with Crippen LogP contribution < -0.4 is 0 Å². The molecule has 1 N–H and O–H groups in total. The van der Waals surface area contributed by atoms with Crippen LogP contribution in [0.3, 0.4) is 0 Å². The van der Waals surface area contributed by atoms with Gasteiger partial charge < -0.3 is 0 Å². The van der Waals surface area contributed by atoms with Crippen LogP contribution in [0, 0.1) is 11.8 Å². The van der Waals surface area contributed by atoms with Crippen molar-refractivity contribution in [1.29, 1.82) is 0 Å². The molecule has 0 aromatic carbocycles. The molecule has 0 aliphatic carbocycles. The van der Waals surface area contributed by atoms with E-state index in [9.17, 15) is 4.79 Å². The molecule has 2 heterocycles. The van der Waals surface area contributed by atoms with E-state index in [0.717, 1.165) is 32.5 Å². The molecule has 1 aliphatic heterocycles. The first-order chi connectivity index (χ1) is 13.2. The minimum atomic E-state index is -0.720. The van der Waals surface area contributed by atoms with Crippen molar-refractivity contribution in [1.82, 2.24) is 0 Å². The van der Waals surface area contributed by atoms with Crippen LogP contribution in [0.15, 0.2) is 29.2 Å². The van der Waals surface area contributed by atoms with E-state index in [1.54, 1.807) is 0 Å². The molecule has 0 saturated carbocycles. The van der Waals surface area contributed by atoms with Crippen LogP contribution in [-0.2, 0) is 20.7 Å². The first-order valence-electron chi connectivity index (χ1n) is 10.3. The van der Waals surface area contributed by atoms with Gasteiger partial charge in [0.25, 0.3) is 0 Å². The molecule has 5 heteroatoms. The Morgan fingerprint density at radius 2 is 2.33 bits per heavy atom. The van der Waals surface area contributed by atoms with Crippen molar-refractivity contribution >= 4 is 20.5 Å². The summed E-state index contributed by atoms with van der Waals surface area (Å²) < 4.78 is 13.3. The summed E-state index contributed by atoms with van der Waals surface area (Å²) in [6.45, 7) is 4.39. The van der Waals surface area contributed by atoms with Gasteiger partial charge in [0.05, 0.1) is 0 Å². The van der Waals surface area contributed by atoms with Crippen molar-refractivity contribution in [2.45, 2.75) is 64.4 Å². The van der Waals surface area contributed by atoms with E-state index in [1.165, 1.54) is 23.7 Å². The molecule has 0 spiro atoms. The predicted octanol–water partition coefficient (Wildman–Crippen LogP) is 4.33. The molecular weight excluding hydrogens is 407 g/mol. The van der Waals surface area contributed by atoms with E-state index in [4.69, 9.17) is 14.6 Å². The summed E-state index contributed by atoms with van der Waals surface area (Å²) in [4.78, 5) is 13.3. The molecule has 0 radical (unpaired) electrons. The molecule has 1 aliphatic rings. The number of aliphatic carboxylic acids is 1. The van der Waals surface area contributed by atoms with Gasteiger partial charge in [0.15, 0.2) is 0 Å².